The Morgan fingerprint density at radius 1 is 1.05 bits per heavy atom. The number of nitrogens with zero attached hydrogens (tertiary/aromatic N) is 2. The Hall–Kier alpha value is -0.970. The molecule has 1 aromatic rings. The minimum atomic E-state index is 0.795. The summed E-state index contributed by atoms with van der Waals surface area (Å²) >= 11 is 1.59. The van der Waals surface area contributed by atoms with Crippen LogP contribution in [0.15, 0.2) is 11.2 Å². The van der Waals surface area contributed by atoms with Gasteiger partial charge in [0.25, 0.3) is 0 Å². The van der Waals surface area contributed by atoms with Crippen LogP contribution in [0, 0.1) is 11.8 Å². The van der Waals surface area contributed by atoms with E-state index in [-0.39, 0.29) is 0 Å². The van der Waals surface area contributed by atoms with Gasteiger partial charge in [0.15, 0.2) is 5.16 Å². The highest BCUT2D eigenvalue weighted by atomic mass is 32.2. The van der Waals surface area contributed by atoms with Gasteiger partial charge in [-0.1, -0.05) is 37.9 Å². The molecule has 0 aliphatic heterocycles. The third-order valence-electron chi connectivity index (χ3n) is 4.36. The molecular weight excluding hydrogens is 280 g/mol. The molecule has 1 fully saturated rings. The van der Waals surface area contributed by atoms with Gasteiger partial charge in [-0.2, -0.15) is 0 Å². The van der Waals surface area contributed by atoms with Crippen LogP contribution in [0.4, 0.5) is 11.6 Å². The van der Waals surface area contributed by atoms with Gasteiger partial charge in [0.1, 0.15) is 11.6 Å². The molecule has 4 nitrogen and oxygen atoms in total. The fourth-order valence-electron chi connectivity index (χ4n) is 2.97. The molecule has 1 aliphatic rings. The Bertz CT molecular complexity index is 430. The first-order valence-electron chi connectivity index (χ1n) is 8.15. The average molecular weight is 308 g/mol. The lowest BCUT2D eigenvalue weighted by atomic mass is 9.81. The lowest BCUT2D eigenvalue weighted by molar-refractivity contribution is 0.278. The SMILES string of the molecule is CCNc1cc(NCC2CCC(CC)CC2)nc(SC)n1. The summed E-state index contributed by atoms with van der Waals surface area (Å²) in [5.41, 5.74) is 0. The van der Waals surface area contributed by atoms with Crippen LogP contribution in [0.3, 0.4) is 0 Å². The maximum atomic E-state index is 4.55. The largest absolute Gasteiger partial charge is 0.370 e. The highest BCUT2D eigenvalue weighted by Crippen LogP contribution is 2.30. The molecule has 1 aliphatic carbocycles. The number of hydrogen-bond acceptors (Lipinski definition) is 5. The third-order valence-corrected chi connectivity index (χ3v) is 4.91. The van der Waals surface area contributed by atoms with Gasteiger partial charge >= 0.3 is 0 Å². The van der Waals surface area contributed by atoms with E-state index in [4.69, 9.17) is 0 Å². The van der Waals surface area contributed by atoms with Crippen LogP contribution in [0.2, 0.25) is 0 Å². The van der Waals surface area contributed by atoms with Gasteiger partial charge < -0.3 is 10.6 Å². The van der Waals surface area contributed by atoms with Gasteiger partial charge in [0.2, 0.25) is 0 Å². The van der Waals surface area contributed by atoms with E-state index in [1.165, 1.54) is 32.1 Å². The number of hydrogen-bond donors (Lipinski definition) is 2. The lowest BCUT2D eigenvalue weighted by Crippen LogP contribution is -2.21. The van der Waals surface area contributed by atoms with Gasteiger partial charge in [-0.15, -0.1) is 0 Å². The molecule has 2 N–H and O–H groups in total. The van der Waals surface area contributed by atoms with Crippen molar-refractivity contribution in [1.82, 2.24) is 9.97 Å². The number of rotatable bonds is 7. The van der Waals surface area contributed by atoms with Crippen molar-refractivity contribution in [2.75, 3.05) is 30.0 Å². The Labute approximate surface area is 132 Å². The van der Waals surface area contributed by atoms with Crippen molar-refractivity contribution in [3.8, 4) is 0 Å². The fourth-order valence-corrected chi connectivity index (χ4v) is 3.35. The molecule has 118 valence electrons. The van der Waals surface area contributed by atoms with Crippen molar-refractivity contribution in [3.05, 3.63) is 6.07 Å². The second-order valence-electron chi connectivity index (χ2n) is 5.83. The standard InChI is InChI=1S/C16H28N4S/c1-4-12-6-8-13(9-7-12)11-18-15-10-14(17-5-2)19-16(20-15)21-3/h10,12-13H,4-9,11H2,1-3H3,(H2,17,18,19,20). The van der Waals surface area contributed by atoms with Crippen LogP contribution in [-0.2, 0) is 0 Å². The summed E-state index contributed by atoms with van der Waals surface area (Å²) in [6.07, 6.45) is 8.85. The first kappa shape index (κ1) is 16.4. The third kappa shape index (κ3) is 5.06. The van der Waals surface area contributed by atoms with E-state index >= 15 is 0 Å². The minimum absolute atomic E-state index is 0.795. The van der Waals surface area contributed by atoms with Gasteiger partial charge in [-0.05, 0) is 37.9 Å². The maximum Gasteiger partial charge on any atom is 0.191 e. The second-order valence-corrected chi connectivity index (χ2v) is 6.60. The zero-order chi connectivity index (χ0) is 15.1. The highest BCUT2D eigenvalue weighted by Gasteiger charge is 2.19. The molecule has 5 heteroatoms. The monoisotopic (exact) mass is 308 g/mol. The topological polar surface area (TPSA) is 49.8 Å². The van der Waals surface area contributed by atoms with Gasteiger partial charge in [0, 0.05) is 19.2 Å². The van der Waals surface area contributed by atoms with Crippen LogP contribution >= 0.6 is 11.8 Å². The van der Waals surface area contributed by atoms with Crippen LogP contribution < -0.4 is 10.6 Å². The zero-order valence-electron chi connectivity index (χ0n) is 13.5. The smallest absolute Gasteiger partial charge is 0.191 e. The summed E-state index contributed by atoms with van der Waals surface area (Å²) in [4.78, 5) is 9.01. The van der Waals surface area contributed by atoms with Crippen molar-refractivity contribution in [1.29, 1.82) is 0 Å². The van der Waals surface area contributed by atoms with E-state index < -0.39 is 0 Å². The van der Waals surface area contributed by atoms with Crippen molar-refractivity contribution in [2.24, 2.45) is 11.8 Å². The number of nitrogens with one attached hydrogen (secondary N) is 2. The zero-order valence-corrected chi connectivity index (χ0v) is 14.3. The van der Waals surface area contributed by atoms with Gasteiger partial charge in [-0.3, -0.25) is 0 Å². The summed E-state index contributed by atoms with van der Waals surface area (Å²) < 4.78 is 0. The van der Waals surface area contributed by atoms with E-state index in [2.05, 4.69) is 34.4 Å². The molecule has 1 heterocycles. The molecule has 0 unspecified atom stereocenters. The summed E-state index contributed by atoms with van der Waals surface area (Å²) in [7, 11) is 0. The lowest BCUT2D eigenvalue weighted by Gasteiger charge is -2.28. The number of thioether (sulfide) groups is 1. The average Bonchev–Trinajstić information content (AvgIpc) is 2.53. The second kappa shape index (κ2) is 8.47. The Balaban J connectivity index is 1.89. The molecule has 21 heavy (non-hydrogen) atoms. The van der Waals surface area contributed by atoms with Gasteiger partial charge in [-0.25, -0.2) is 9.97 Å². The summed E-state index contributed by atoms with van der Waals surface area (Å²) in [5.74, 6) is 3.61. The molecular formula is C16H28N4S. The molecule has 1 saturated carbocycles. The summed E-state index contributed by atoms with van der Waals surface area (Å²) in [5, 5.41) is 7.61. The van der Waals surface area contributed by atoms with Crippen molar-refractivity contribution in [3.63, 3.8) is 0 Å². The first-order valence-corrected chi connectivity index (χ1v) is 9.38. The maximum absolute atomic E-state index is 4.55. The molecule has 0 bridgehead atoms. The fraction of sp³-hybridized carbons (Fsp3) is 0.750. The molecule has 0 spiro atoms. The predicted octanol–water partition coefficient (Wildman–Crippen LogP) is 4.26. The van der Waals surface area contributed by atoms with Crippen LogP contribution in [-0.4, -0.2) is 29.3 Å². The molecule has 0 atom stereocenters. The van der Waals surface area contributed by atoms with E-state index in [9.17, 15) is 0 Å². The molecule has 1 aromatic heterocycles. The Kier molecular flexibility index (Phi) is 6.61. The molecule has 0 saturated heterocycles. The van der Waals surface area contributed by atoms with Crippen LogP contribution in [0.1, 0.15) is 46.0 Å². The van der Waals surface area contributed by atoms with Crippen molar-refractivity contribution in [2.45, 2.75) is 51.1 Å². The van der Waals surface area contributed by atoms with Crippen molar-refractivity contribution >= 4 is 23.4 Å². The summed E-state index contributed by atoms with van der Waals surface area (Å²) in [6.45, 7) is 6.31. The van der Waals surface area contributed by atoms with Crippen LogP contribution in [0.5, 0.6) is 0 Å². The van der Waals surface area contributed by atoms with E-state index in [1.54, 1.807) is 11.8 Å². The molecule has 2 rings (SSSR count). The Morgan fingerprint density at radius 2 is 1.67 bits per heavy atom. The van der Waals surface area contributed by atoms with E-state index in [0.717, 1.165) is 41.7 Å². The molecule has 0 amide bonds. The van der Waals surface area contributed by atoms with Gasteiger partial charge in [0.05, 0.1) is 0 Å². The van der Waals surface area contributed by atoms with Crippen LogP contribution in [0.25, 0.3) is 0 Å². The molecule has 0 aromatic carbocycles. The van der Waals surface area contributed by atoms with Crippen molar-refractivity contribution < 1.29 is 0 Å². The molecule has 0 radical (unpaired) electrons. The number of anilines is 2. The van der Waals surface area contributed by atoms with E-state index in [1.807, 2.05) is 12.3 Å². The minimum Gasteiger partial charge on any atom is -0.370 e. The highest BCUT2D eigenvalue weighted by molar-refractivity contribution is 7.98. The Morgan fingerprint density at radius 3 is 2.24 bits per heavy atom. The predicted molar refractivity (Wildman–Crippen MR) is 92.2 cm³/mol. The van der Waals surface area contributed by atoms with E-state index in [0.29, 0.717) is 0 Å². The number of aromatic nitrogens is 2. The normalized spacial score (nSPS) is 22.0. The summed E-state index contributed by atoms with van der Waals surface area (Å²) in [6, 6.07) is 2.01. The first-order chi connectivity index (χ1) is 10.2. The quantitative estimate of drug-likeness (QED) is 0.582.